The van der Waals surface area contributed by atoms with E-state index in [-0.39, 0.29) is 12.3 Å². The van der Waals surface area contributed by atoms with Gasteiger partial charge in [-0.05, 0) is 49.8 Å². The van der Waals surface area contributed by atoms with E-state index in [1.807, 2.05) is 37.1 Å². The summed E-state index contributed by atoms with van der Waals surface area (Å²) >= 11 is 0. The summed E-state index contributed by atoms with van der Waals surface area (Å²) in [5.74, 6) is -0.938. The van der Waals surface area contributed by atoms with Gasteiger partial charge < -0.3 is 15.3 Å². The fourth-order valence-electron chi connectivity index (χ4n) is 4.10. The molecule has 1 aromatic carbocycles. The van der Waals surface area contributed by atoms with Crippen LogP contribution < -0.4 is 5.32 Å². The number of hydroxylamine groups is 2. The van der Waals surface area contributed by atoms with Crippen LogP contribution in [0.1, 0.15) is 42.4 Å². The van der Waals surface area contributed by atoms with Crippen LogP contribution in [-0.2, 0) is 14.4 Å². The Labute approximate surface area is 153 Å². The number of carbonyl (C=O) groups is 2. The summed E-state index contributed by atoms with van der Waals surface area (Å²) in [7, 11) is 1.65. The van der Waals surface area contributed by atoms with E-state index in [9.17, 15) is 14.7 Å². The Morgan fingerprint density at radius 3 is 2.62 bits per heavy atom. The molecule has 6 heteroatoms. The number of rotatable bonds is 5. The van der Waals surface area contributed by atoms with Crippen LogP contribution in [0.4, 0.5) is 0 Å². The summed E-state index contributed by atoms with van der Waals surface area (Å²) in [5, 5.41) is 14.3. The van der Waals surface area contributed by atoms with Gasteiger partial charge in [-0.2, -0.15) is 5.06 Å². The first-order chi connectivity index (χ1) is 12.4. The Kier molecular flexibility index (Phi) is 5.16. The van der Waals surface area contributed by atoms with Crippen molar-refractivity contribution in [1.82, 2.24) is 10.4 Å². The third-order valence-electron chi connectivity index (χ3n) is 5.54. The maximum Gasteiger partial charge on any atom is 0.303 e. The van der Waals surface area contributed by atoms with E-state index in [0.717, 1.165) is 35.1 Å². The molecular weight excluding hydrogens is 332 g/mol. The topological polar surface area (TPSA) is 78.9 Å². The van der Waals surface area contributed by atoms with E-state index in [0.29, 0.717) is 25.1 Å². The molecule has 2 N–H and O–H groups in total. The predicted molar refractivity (Wildman–Crippen MR) is 98.4 cm³/mol. The van der Waals surface area contributed by atoms with Crippen molar-refractivity contribution in [3.8, 4) is 0 Å². The van der Waals surface area contributed by atoms with Gasteiger partial charge in [0.2, 0.25) is 0 Å². The summed E-state index contributed by atoms with van der Waals surface area (Å²) in [4.78, 5) is 29.5. The molecule has 1 spiro atoms. The highest BCUT2D eigenvalue weighted by Gasteiger charge is 2.47. The average Bonchev–Trinajstić information content (AvgIpc) is 2.87. The minimum atomic E-state index is -0.846. The summed E-state index contributed by atoms with van der Waals surface area (Å²) in [6, 6.07) is 6.06. The van der Waals surface area contributed by atoms with Gasteiger partial charge in [-0.1, -0.05) is 23.8 Å². The Morgan fingerprint density at radius 2 is 2.00 bits per heavy atom. The van der Waals surface area contributed by atoms with Gasteiger partial charge >= 0.3 is 5.97 Å². The number of carbonyl (C=O) groups excluding carboxylic acids is 1. The van der Waals surface area contributed by atoms with Crippen LogP contribution in [0, 0.1) is 13.8 Å². The second-order valence-corrected chi connectivity index (χ2v) is 7.21. The number of aryl methyl sites for hydroxylation is 2. The molecule has 3 rings (SSSR count). The molecule has 6 nitrogen and oxygen atoms in total. The number of hydrogen-bond donors (Lipinski definition) is 2. The number of piperidine rings is 1. The molecule has 0 saturated carbocycles. The minimum absolute atomic E-state index is 0.0222. The molecule has 0 atom stereocenters. The smallest absolute Gasteiger partial charge is 0.303 e. The lowest BCUT2D eigenvalue weighted by Gasteiger charge is -2.40. The zero-order valence-corrected chi connectivity index (χ0v) is 15.6. The molecule has 1 amide bonds. The highest BCUT2D eigenvalue weighted by Crippen LogP contribution is 2.43. The monoisotopic (exact) mass is 358 g/mol. The van der Waals surface area contributed by atoms with Crippen LogP contribution >= 0.6 is 0 Å². The lowest BCUT2D eigenvalue weighted by atomic mass is 9.78. The molecular formula is C20H26N2O4. The molecule has 0 bridgehead atoms. The first-order valence-corrected chi connectivity index (χ1v) is 9.01. The van der Waals surface area contributed by atoms with E-state index in [1.54, 1.807) is 7.11 Å². The van der Waals surface area contributed by atoms with Gasteiger partial charge in [0.05, 0.1) is 12.6 Å². The molecule has 0 radical (unpaired) electrons. The number of aliphatic carboxylic acids is 1. The third-order valence-corrected chi connectivity index (χ3v) is 5.54. The number of nitrogens with one attached hydrogen (secondary N) is 1. The first kappa shape index (κ1) is 18.6. The van der Waals surface area contributed by atoms with E-state index in [2.05, 4.69) is 5.32 Å². The lowest BCUT2D eigenvalue weighted by molar-refractivity contribution is -0.151. The Hall–Kier alpha value is -2.18. The summed E-state index contributed by atoms with van der Waals surface area (Å²) < 4.78 is 0. The van der Waals surface area contributed by atoms with Crippen LogP contribution in [0.15, 0.2) is 23.8 Å². The fourth-order valence-corrected chi connectivity index (χ4v) is 4.10. The molecule has 2 aliphatic heterocycles. The van der Waals surface area contributed by atoms with Gasteiger partial charge in [0.25, 0.3) is 5.91 Å². The second-order valence-electron chi connectivity index (χ2n) is 7.21. The van der Waals surface area contributed by atoms with E-state index in [4.69, 9.17) is 4.84 Å². The van der Waals surface area contributed by atoms with Gasteiger partial charge in [0, 0.05) is 25.1 Å². The van der Waals surface area contributed by atoms with Crippen molar-refractivity contribution in [1.29, 1.82) is 0 Å². The maximum absolute atomic E-state index is 13.0. The predicted octanol–water partition coefficient (Wildman–Crippen LogP) is 2.45. The SMILES string of the molecule is CON1CCC2(CC1)NC(=O)C(c1cc(C)ccc1C)=C2CCC(=O)O. The van der Waals surface area contributed by atoms with Crippen LogP contribution in [-0.4, -0.2) is 47.8 Å². The summed E-state index contributed by atoms with van der Waals surface area (Å²) in [5.41, 5.74) is 4.16. The van der Waals surface area contributed by atoms with Crippen molar-refractivity contribution in [3.05, 3.63) is 40.5 Å². The number of amides is 1. The van der Waals surface area contributed by atoms with E-state index in [1.165, 1.54) is 0 Å². The van der Waals surface area contributed by atoms with Crippen molar-refractivity contribution >= 4 is 17.4 Å². The molecule has 0 aliphatic carbocycles. The Balaban J connectivity index is 2.07. The molecule has 1 aromatic rings. The molecule has 1 saturated heterocycles. The zero-order chi connectivity index (χ0) is 18.9. The van der Waals surface area contributed by atoms with Gasteiger partial charge in [0.1, 0.15) is 0 Å². The van der Waals surface area contributed by atoms with Gasteiger partial charge in [-0.3, -0.25) is 9.59 Å². The number of hydrogen-bond acceptors (Lipinski definition) is 4. The normalized spacial score (nSPS) is 19.9. The molecule has 0 unspecified atom stereocenters. The maximum atomic E-state index is 13.0. The minimum Gasteiger partial charge on any atom is -0.481 e. The molecule has 2 aliphatic rings. The molecule has 2 heterocycles. The number of carboxylic acid groups (broad SMARTS) is 1. The van der Waals surface area contributed by atoms with Crippen LogP contribution in [0.5, 0.6) is 0 Å². The lowest BCUT2D eigenvalue weighted by Crippen LogP contribution is -2.52. The van der Waals surface area contributed by atoms with Gasteiger partial charge in [-0.25, -0.2) is 0 Å². The van der Waals surface area contributed by atoms with Crippen molar-refractivity contribution in [2.45, 2.75) is 45.1 Å². The van der Waals surface area contributed by atoms with Crippen molar-refractivity contribution < 1.29 is 19.5 Å². The highest BCUT2D eigenvalue weighted by molar-refractivity contribution is 6.24. The molecule has 140 valence electrons. The van der Waals surface area contributed by atoms with Gasteiger partial charge in [0.15, 0.2) is 0 Å². The van der Waals surface area contributed by atoms with E-state index < -0.39 is 11.5 Å². The summed E-state index contributed by atoms with van der Waals surface area (Å²) in [6.45, 7) is 5.39. The first-order valence-electron chi connectivity index (χ1n) is 9.01. The van der Waals surface area contributed by atoms with Crippen molar-refractivity contribution in [2.24, 2.45) is 0 Å². The standard InChI is InChI=1S/C20H26N2O4/c1-13-4-5-14(2)15(12-13)18-16(6-7-17(23)24)20(21-19(18)25)8-10-22(26-3)11-9-20/h4-5,12H,6-11H2,1-3H3,(H,21,25)(H,23,24). The van der Waals surface area contributed by atoms with Crippen LogP contribution in [0.3, 0.4) is 0 Å². The average molecular weight is 358 g/mol. The van der Waals surface area contributed by atoms with Crippen LogP contribution in [0.2, 0.25) is 0 Å². The fraction of sp³-hybridized carbons (Fsp3) is 0.500. The Morgan fingerprint density at radius 1 is 1.31 bits per heavy atom. The van der Waals surface area contributed by atoms with Gasteiger partial charge in [-0.15, -0.1) is 0 Å². The zero-order valence-electron chi connectivity index (χ0n) is 15.6. The summed E-state index contributed by atoms with van der Waals surface area (Å²) in [6.07, 6.45) is 1.84. The number of nitrogens with zero attached hydrogens (tertiary/aromatic N) is 1. The van der Waals surface area contributed by atoms with Crippen molar-refractivity contribution in [2.75, 3.05) is 20.2 Å². The second kappa shape index (κ2) is 7.21. The molecule has 26 heavy (non-hydrogen) atoms. The van der Waals surface area contributed by atoms with Crippen LogP contribution in [0.25, 0.3) is 5.57 Å². The largest absolute Gasteiger partial charge is 0.481 e. The quantitative estimate of drug-likeness (QED) is 0.845. The number of benzene rings is 1. The van der Waals surface area contributed by atoms with E-state index >= 15 is 0 Å². The highest BCUT2D eigenvalue weighted by atomic mass is 16.7. The molecule has 0 aromatic heterocycles. The number of carboxylic acids is 1. The third kappa shape index (κ3) is 3.39. The Bertz CT molecular complexity index is 761. The molecule has 1 fully saturated rings. The van der Waals surface area contributed by atoms with Crippen molar-refractivity contribution in [3.63, 3.8) is 0 Å².